The van der Waals surface area contributed by atoms with Gasteiger partial charge in [0.25, 0.3) is 0 Å². The van der Waals surface area contributed by atoms with Crippen LogP contribution in [0.4, 0.5) is 10.9 Å². The first-order valence-corrected chi connectivity index (χ1v) is 6.25. The van der Waals surface area contributed by atoms with E-state index in [0.29, 0.717) is 10.8 Å². The minimum Gasteiger partial charge on any atom is -0.469 e. The molecule has 2 aromatic rings. The Hall–Kier alpha value is -1.89. The molecule has 0 aromatic carbocycles. The molecule has 96 valence electrons. The fraction of sp³-hybridized carbons (Fsp3) is 0.364. The van der Waals surface area contributed by atoms with E-state index in [-0.39, 0.29) is 12.4 Å². The summed E-state index contributed by atoms with van der Waals surface area (Å²) in [5.74, 6) is 0.453. The Morgan fingerprint density at radius 2 is 2.39 bits per heavy atom. The van der Waals surface area contributed by atoms with Crippen molar-refractivity contribution in [3.05, 3.63) is 22.8 Å². The van der Waals surface area contributed by atoms with Gasteiger partial charge in [-0.25, -0.2) is 4.98 Å². The number of carbonyl (C=O) groups excluding carboxylic acids is 1. The lowest BCUT2D eigenvalue weighted by Crippen LogP contribution is -2.04. The highest BCUT2D eigenvalue weighted by Crippen LogP contribution is 2.20. The quantitative estimate of drug-likeness (QED) is 0.852. The standard InChI is InChI=1S/C11H14N4O2S/c1-7-4-9(14-15(7)2)13-11-12-8(6-18-11)5-10(16)17-3/h4,6H,5H2,1-3H3,(H,12,13,14). The molecule has 0 unspecified atom stereocenters. The number of ether oxygens (including phenoxy) is 1. The molecule has 0 radical (unpaired) electrons. The second kappa shape index (κ2) is 5.18. The van der Waals surface area contributed by atoms with E-state index in [0.717, 1.165) is 11.5 Å². The smallest absolute Gasteiger partial charge is 0.311 e. The van der Waals surface area contributed by atoms with Crippen LogP contribution in [0, 0.1) is 6.92 Å². The minimum atomic E-state index is -0.291. The van der Waals surface area contributed by atoms with E-state index in [9.17, 15) is 4.79 Å². The second-order valence-corrected chi connectivity index (χ2v) is 4.67. The number of aromatic nitrogens is 3. The molecule has 0 saturated carbocycles. The largest absolute Gasteiger partial charge is 0.469 e. The van der Waals surface area contributed by atoms with Crippen LogP contribution in [-0.4, -0.2) is 27.8 Å². The molecule has 2 aromatic heterocycles. The summed E-state index contributed by atoms with van der Waals surface area (Å²) in [6.07, 6.45) is 0.190. The molecule has 0 aliphatic carbocycles. The third kappa shape index (κ3) is 2.86. The van der Waals surface area contributed by atoms with E-state index in [1.165, 1.54) is 18.4 Å². The van der Waals surface area contributed by atoms with Crippen LogP contribution in [-0.2, 0) is 23.0 Å². The maximum absolute atomic E-state index is 11.1. The third-order valence-corrected chi connectivity index (χ3v) is 3.26. The molecule has 2 rings (SSSR count). The minimum absolute atomic E-state index is 0.190. The SMILES string of the molecule is COC(=O)Cc1csc(Nc2cc(C)n(C)n2)n1. The van der Waals surface area contributed by atoms with Gasteiger partial charge in [0.2, 0.25) is 0 Å². The number of esters is 1. The van der Waals surface area contributed by atoms with Gasteiger partial charge < -0.3 is 10.1 Å². The van der Waals surface area contributed by atoms with Gasteiger partial charge in [0, 0.05) is 24.2 Å². The molecule has 0 bridgehead atoms. The van der Waals surface area contributed by atoms with Crippen molar-refractivity contribution in [2.45, 2.75) is 13.3 Å². The molecule has 18 heavy (non-hydrogen) atoms. The first-order valence-electron chi connectivity index (χ1n) is 5.37. The van der Waals surface area contributed by atoms with E-state index in [1.54, 1.807) is 4.68 Å². The van der Waals surface area contributed by atoms with Crippen LogP contribution in [0.3, 0.4) is 0 Å². The molecule has 0 amide bonds. The summed E-state index contributed by atoms with van der Waals surface area (Å²) in [5.41, 5.74) is 1.76. The normalized spacial score (nSPS) is 10.4. The highest BCUT2D eigenvalue weighted by molar-refractivity contribution is 7.13. The molecule has 0 saturated heterocycles. The topological polar surface area (TPSA) is 69.0 Å². The van der Waals surface area contributed by atoms with Gasteiger partial charge in [-0.1, -0.05) is 0 Å². The monoisotopic (exact) mass is 266 g/mol. The number of aryl methyl sites for hydroxylation is 2. The first kappa shape index (κ1) is 12.6. The van der Waals surface area contributed by atoms with Gasteiger partial charge in [0.1, 0.15) is 0 Å². The summed E-state index contributed by atoms with van der Waals surface area (Å²) in [5, 5.41) is 9.92. The zero-order chi connectivity index (χ0) is 13.1. The summed E-state index contributed by atoms with van der Waals surface area (Å²) < 4.78 is 6.37. The Bertz CT molecular complexity index is 542. The van der Waals surface area contributed by atoms with Crippen LogP contribution < -0.4 is 5.32 Å². The summed E-state index contributed by atoms with van der Waals surface area (Å²) in [4.78, 5) is 15.4. The van der Waals surface area contributed by atoms with Crippen molar-refractivity contribution in [3.63, 3.8) is 0 Å². The maximum atomic E-state index is 11.1. The predicted molar refractivity (Wildman–Crippen MR) is 69.1 cm³/mol. The van der Waals surface area contributed by atoms with Crippen molar-refractivity contribution >= 4 is 28.3 Å². The lowest BCUT2D eigenvalue weighted by Gasteiger charge is -1.96. The summed E-state index contributed by atoms with van der Waals surface area (Å²) in [6.45, 7) is 1.97. The number of nitrogens with one attached hydrogen (secondary N) is 1. The second-order valence-electron chi connectivity index (χ2n) is 3.82. The Balaban J connectivity index is 2.04. The predicted octanol–water partition coefficient (Wildman–Crippen LogP) is 1.64. The van der Waals surface area contributed by atoms with Crippen LogP contribution in [0.15, 0.2) is 11.4 Å². The average molecular weight is 266 g/mol. The van der Waals surface area contributed by atoms with Gasteiger partial charge in [0.05, 0.1) is 19.2 Å². The summed E-state index contributed by atoms with van der Waals surface area (Å²) in [6, 6.07) is 1.93. The molecule has 0 aliphatic rings. The van der Waals surface area contributed by atoms with Crippen molar-refractivity contribution in [2.24, 2.45) is 7.05 Å². The average Bonchev–Trinajstić information content (AvgIpc) is 2.87. The Morgan fingerprint density at radius 1 is 1.61 bits per heavy atom. The van der Waals surface area contributed by atoms with Crippen LogP contribution >= 0.6 is 11.3 Å². The van der Waals surface area contributed by atoms with Crippen LogP contribution in [0.2, 0.25) is 0 Å². The number of rotatable bonds is 4. The fourth-order valence-corrected chi connectivity index (χ4v) is 2.11. The summed E-state index contributed by atoms with van der Waals surface area (Å²) >= 11 is 1.43. The lowest BCUT2D eigenvalue weighted by molar-refractivity contribution is -0.139. The number of anilines is 2. The van der Waals surface area contributed by atoms with Crippen molar-refractivity contribution < 1.29 is 9.53 Å². The van der Waals surface area contributed by atoms with Gasteiger partial charge in [-0.15, -0.1) is 11.3 Å². The van der Waals surface area contributed by atoms with Crippen molar-refractivity contribution in [1.29, 1.82) is 0 Å². The van der Waals surface area contributed by atoms with Gasteiger partial charge in [-0.05, 0) is 6.92 Å². The van der Waals surface area contributed by atoms with Gasteiger partial charge in [-0.3, -0.25) is 9.48 Å². The van der Waals surface area contributed by atoms with Crippen LogP contribution in [0.1, 0.15) is 11.4 Å². The van der Waals surface area contributed by atoms with Crippen molar-refractivity contribution in [2.75, 3.05) is 12.4 Å². The van der Waals surface area contributed by atoms with Crippen LogP contribution in [0.5, 0.6) is 0 Å². The van der Waals surface area contributed by atoms with E-state index >= 15 is 0 Å². The molecule has 2 heterocycles. The van der Waals surface area contributed by atoms with Crippen LogP contribution in [0.25, 0.3) is 0 Å². The van der Waals surface area contributed by atoms with Gasteiger partial charge >= 0.3 is 5.97 Å². The van der Waals surface area contributed by atoms with E-state index in [2.05, 4.69) is 20.1 Å². The first-order chi connectivity index (χ1) is 8.58. The molecule has 6 nitrogen and oxygen atoms in total. The molecule has 0 spiro atoms. The number of carbonyl (C=O) groups is 1. The molecular formula is C11H14N4O2S. The highest BCUT2D eigenvalue weighted by Gasteiger charge is 2.09. The highest BCUT2D eigenvalue weighted by atomic mass is 32.1. The Morgan fingerprint density at radius 3 is 3.00 bits per heavy atom. The maximum Gasteiger partial charge on any atom is 0.311 e. The van der Waals surface area contributed by atoms with E-state index in [4.69, 9.17) is 0 Å². The number of nitrogens with zero attached hydrogens (tertiary/aromatic N) is 3. The van der Waals surface area contributed by atoms with Crippen molar-refractivity contribution in [1.82, 2.24) is 14.8 Å². The fourth-order valence-electron chi connectivity index (χ4n) is 1.40. The molecule has 0 atom stereocenters. The van der Waals surface area contributed by atoms with E-state index in [1.807, 2.05) is 25.4 Å². The molecule has 0 aliphatic heterocycles. The Kier molecular flexibility index (Phi) is 3.61. The number of hydrogen-bond acceptors (Lipinski definition) is 6. The van der Waals surface area contributed by atoms with Gasteiger partial charge in [-0.2, -0.15) is 5.10 Å². The lowest BCUT2D eigenvalue weighted by atomic mass is 10.3. The number of hydrogen-bond donors (Lipinski definition) is 1. The number of methoxy groups -OCH3 is 1. The molecule has 7 heteroatoms. The molecule has 1 N–H and O–H groups in total. The Labute approximate surface area is 109 Å². The molecular weight excluding hydrogens is 252 g/mol. The van der Waals surface area contributed by atoms with Gasteiger partial charge in [0.15, 0.2) is 10.9 Å². The third-order valence-electron chi connectivity index (χ3n) is 2.45. The summed E-state index contributed by atoms with van der Waals surface area (Å²) in [7, 11) is 3.25. The van der Waals surface area contributed by atoms with Crippen molar-refractivity contribution in [3.8, 4) is 0 Å². The zero-order valence-electron chi connectivity index (χ0n) is 10.4. The van der Waals surface area contributed by atoms with E-state index < -0.39 is 0 Å². The number of thiazole rings is 1. The molecule has 0 fully saturated rings. The zero-order valence-corrected chi connectivity index (χ0v) is 11.2.